The summed E-state index contributed by atoms with van der Waals surface area (Å²) in [6, 6.07) is 15.1. The molecule has 23 heavy (non-hydrogen) atoms. The molecular weight excluding hydrogens is 290 g/mol. The standard InChI is InChI=1S/C18H19N3O2/c1-13-8-9-16(14(2)10-13)20-17(22)11-18(23)21-19-12-15-6-4-3-5-7-15/h3-10,12H,11H2,1-2H3,(H,20,22)(H,21,23). The lowest BCUT2D eigenvalue weighted by Gasteiger charge is -2.08. The molecule has 0 saturated carbocycles. The van der Waals surface area contributed by atoms with Crippen molar-refractivity contribution in [2.24, 2.45) is 5.10 Å². The summed E-state index contributed by atoms with van der Waals surface area (Å²) >= 11 is 0. The lowest BCUT2D eigenvalue weighted by Crippen LogP contribution is -2.24. The number of nitrogens with one attached hydrogen (secondary N) is 2. The highest BCUT2D eigenvalue weighted by molar-refractivity contribution is 6.04. The van der Waals surface area contributed by atoms with E-state index in [0.717, 1.165) is 16.7 Å². The number of benzene rings is 2. The first-order chi connectivity index (χ1) is 11.0. The first-order valence-corrected chi connectivity index (χ1v) is 7.28. The predicted molar refractivity (Wildman–Crippen MR) is 91.3 cm³/mol. The van der Waals surface area contributed by atoms with Gasteiger partial charge in [-0.05, 0) is 31.0 Å². The van der Waals surface area contributed by atoms with E-state index in [1.807, 2.05) is 62.4 Å². The molecule has 2 N–H and O–H groups in total. The Labute approximate surface area is 135 Å². The molecule has 2 rings (SSSR count). The molecule has 2 amide bonds. The van der Waals surface area contributed by atoms with E-state index in [4.69, 9.17) is 0 Å². The van der Waals surface area contributed by atoms with Crippen molar-refractivity contribution in [3.63, 3.8) is 0 Å². The summed E-state index contributed by atoms with van der Waals surface area (Å²) in [7, 11) is 0. The third kappa shape index (κ3) is 5.39. The third-order valence-corrected chi connectivity index (χ3v) is 3.18. The van der Waals surface area contributed by atoms with Gasteiger partial charge in [-0.3, -0.25) is 9.59 Å². The average Bonchev–Trinajstić information content (AvgIpc) is 2.51. The number of carbonyl (C=O) groups is 2. The lowest BCUT2D eigenvalue weighted by molar-refractivity contribution is -0.126. The zero-order valence-electron chi connectivity index (χ0n) is 13.2. The van der Waals surface area contributed by atoms with Gasteiger partial charge in [0.2, 0.25) is 11.8 Å². The number of carbonyl (C=O) groups excluding carboxylic acids is 2. The van der Waals surface area contributed by atoms with Gasteiger partial charge >= 0.3 is 0 Å². The number of rotatable bonds is 5. The van der Waals surface area contributed by atoms with Gasteiger partial charge in [0.15, 0.2) is 0 Å². The van der Waals surface area contributed by atoms with Crippen LogP contribution in [0.3, 0.4) is 0 Å². The third-order valence-electron chi connectivity index (χ3n) is 3.18. The molecule has 0 heterocycles. The Kier molecular flexibility index (Phi) is 5.63. The first kappa shape index (κ1) is 16.4. The van der Waals surface area contributed by atoms with Crippen molar-refractivity contribution in [3.05, 3.63) is 65.2 Å². The van der Waals surface area contributed by atoms with Crippen LogP contribution in [-0.2, 0) is 9.59 Å². The summed E-state index contributed by atoms with van der Waals surface area (Å²) in [5.74, 6) is -0.830. The van der Waals surface area contributed by atoms with Gasteiger partial charge in [0.05, 0.1) is 6.21 Å². The van der Waals surface area contributed by atoms with E-state index >= 15 is 0 Å². The van der Waals surface area contributed by atoms with Crippen LogP contribution in [-0.4, -0.2) is 18.0 Å². The van der Waals surface area contributed by atoms with Crippen molar-refractivity contribution in [2.45, 2.75) is 20.3 Å². The van der Waals surface area contributed by atoms with Gasteiger partial charge in [-0.15, -0.1) is 0 Å². The molecule has 5 nitrogen and oxygen atoms in total. The SMILES string of the molecule is Cc1ccc(NC(=O)CC(=O)NN=Cc2ccccc2)c(C)c1. The van der Waals surface area contributed by atoms with E-state index in [1.165, 1.54) is 6.21 Å². The van der Waals surface area contributed by atoms with Crippen LogP contribution in [0.2, 0.25) is 0 Å². The molecule has 0 aliphatic heterocycles. The molecule has 0 unspecified atom stereocenters. The second-order valence-corrected chi connectivity index (χ2v) is 5.25. The molecule has 0 bridgehead atoms. The van der Waals surface area contributed by atoms with Gasteiger partial charge in [0.1, 0.15) is 6.42 Å². The summed E-state index contributed by atoms with van der Waals surface area (Å²) in [6.45, 7) is 3.89. The fourth-order valence-electron chi connectivity index (χ4n) is 2.05. The Balaban J connectivity index is 1.83. The van der Waals surface area contributed by atoms with E-state index in [9.17, 15) is 9.59 Å². The Morgan fingerprint density at radius 3 is 2.48 bits per heavy atom. The van der Waals surface area contributed by atoms with Crippen LogP contribution in [0.15, 0.2) is 53.6 Å². The van der Waals surface area contributed by atoms with Gasteiger partial charge < -0.3 is 5.32 Å². The van der Waals surface area contributed by atoms with Gasteiger partial charge in [0, 0.05) is 5.69 Å². The zero-order valence-corrected chi connectivity index (χ0v) is 13.2. The van der Waals surface area contributed by atoms with Crippen molar-refractivity contribution < 1.29 is 9.59 Å². The topological polar surface area (TPSA) is 70.6 Å². The van der Waals surface area contributed by atoms with Crippen molar-refractivity contribution in [1.82, 2.24) is 5.43 Å². The molecule has 2 aromatic rings. The highest BCUT2D eigenvalue weighted by Crippen LogP contribution is 2.16. The zero-order chi connectivity index (χ0) is 16.7. The molecule has 0 spiro atoms. The van der Waals surface area contributed by atoms with E-state index in [-0.39, 0.29) is 12.3 Å². The van der Waals surface area contributed by atoms with Crippen LogP contribution in [0.4, 0.5) is 5.69 Å². The van der Waals surface area contributed by atoms with E-state index < -0.39 is 5.91 Å². The Morgan fingerprint density at radius 2 is 1.78 bits per heavy atom. The summed E-state index contributed by atoms with van der Waals surface area (Å²) in [5.41, 5.74) is 6.00. The molecular formula is C18H19N3O2. The fraction of sp³-hybridized carbons (Fsp3) is 0.167. The molecule has 0 radical (unpaired) electrons. The number of hydrogen-bond donors (Lipinski definition) is 2. The molecule has 0 aliphatic rings. The maximum Gasteiger partial charge on any atom is 0.249 e. The minimum Gasteiger partial charge on any atom is -0.325 e. The number of nitrogens with zero attached hydrogens (tertiary/aromatic N) is 1. The van der Waals surface area contributed by atoms with E-state index in [0.29, 0.717) is 5.69 Å². The molecule has 0 aromatic heterocycles. The summed E-state index contributed by atoms with van der Waals surface area (Å²) < 4.78 is 0. The minimum absolute atomic E-state index is 0.278. The van der Waals surface area contributed by atoms with Gasteiger partial charge in [-0.2, -0.15) is 5.10 Å². The van der Waals surface area contributed by atoms with Gasteiger partial charge in [-0.25, -0.2) is 5.43 Å². The minimum atomic E-state index is -0.459. The Morgan fingerprint density at radius 1 is 1.04 bits per heavy atom. The van der Waals surface area contributed by atoms with Crippen molar-refractivity contribution in [1.29, 1.82) is 0 Å². The maximum atomic E-state index is 11.9. The van der Waals surface area contributed by atoms with Crippen LogP contribution < -0.4 is 10.7 Å². The predicted octanol–water partition coefficient (Wildman–Crippen LogP) is 2.78. The molecule has 0 fully saturated rings. The van der Waals surface area contributed by atoms with Crippen molar-refractivity contribution in [3.8, 4) is 0 Å². The molecule has 0 saturated heterocycles. The average molecular weight is 309 g/mol. The number of anilines is 1. The Hall–Kier alpha value is -2.95. The normalized spacial score (nSPS) is 10.5. The van der Waals surface area contributed by atoms with Crippen LogP contribution in [0.25, 0.3) is 0 Å². The van der Waals surface area contributed by atoms with Crippen LogP contribution in [0.1, 0.15) is 23.1 Å². The highest BCUT2D eigenvalue weighted by Gasteiger charge is 2.10. The van der Waals surface area contributed by atoms with Gasteiger partial charge in [-0.1, -0.05) is 48.0 Å². The van der Waals surface area contributed by atoms with E-state index in [1.54, 1.807) is 0 Å². The maximum absolute atomic E-state index is 11.9. The van der Waals surface area contributed by atoms with Crippen molar-refractivity contribution in [2.75, 3.05) is 5.32 Å². The van der Waals surface area contributed by atoms with Crippen molar-refractivity contribution >= 4 is 23.7 Å². The summed E-state index contributed by atoms with van der Waals surface area (Å²) in [4.78, 5) is 23.6. The van der Waals surface area contributed by atoms with E-state index in [2.05, 4.69) is 15.8 Å². The smallest absolute Gasteiger partial charge is 0.249 e. The summed E-state index contributed by atoms with van der Waals surface area (Å²) in [5, 5.41) is 6.55. The molecule has 0 aliphatic carbocycles. The molecule has 0 atom stereocenters. The summed E-state index contributed by atoms with van der Waals surface area (Å²) in [6.07, 6.45) is 1.25. The monoisotopic (exact) mass is 309 g/mol. The molecule has 2 aromatic carbocycles. The quantitative estimate of drug-likeness (QED) is 0.506. The Bertz CT molecular complexity index is 724. The highest BCUT2D eigenvalue weighted by atomic mass is 16.2. The lowest BCUT2D eigenvalue weighted by atomic mass is 10.1. The number of amides is 2. The first-order valence-electron chi connectivity index (χ1n) is 7.28. The molecule has 118 valence electrons. The largest absolute Gasteiger partial charge is 0.325 e. The number of hydrazone groups is 1. The van der Waals surface area contributed by atoms with Crippen LogP contribution in [0, 0.1) is 13.8 Å². The van der Waals surface area contributed by atoms with Crippen LogP contribution in [0.5, 0.6) is 0 Å². The second-order valence-electron chi connectivity index (χ2n) is 5.25. The van der Waals surface area contributed by atoms with Gasteiger partial charge in [0.25, 0.3) is 0 Å². The number of aryl methyl sites for hydroxylation is 2. The fourth-order valence-corrected chi connectivity index (χ4v) is 2.05. The second kappa shape index (κ2) is 7.89. The molecule has 5 heteroatoms. The van der Waals surface area contributed by atoms with Crippen LogP contribution >= 0.6 is 0 Å². The number of hydrogen-bond acceptors (Lipinski definition) is 3.